The van der Waals surface area contributed by atoms with Crippen LogP contribution < -0.4 is 22.3 Å². The molecule has 0 radical (unpaired) electrons. The Hall–Kier alpha value is -0.110. The van der Waals surface area contributed by atoms with Crippen LogP contribution in [0.5, 0.6) is 0 Å². The monoisotopic (exact) mass is 376 g/mol. The van der Waals surface area contributed by atoms with Crippen LogP contribution in [-0.2, 0) is 22.1 Å². The van der Waals surface area contributed by atoms with Crippen LogP contribution in [0.15, 0.2) is 18.3 Å². The van der Waals surface area contributed by atoms with Gasteiger partial charge in [-0.1, -0.05) is 0 Å². The summed E-state index contributed by atoms with van der Waals surface area (Å²) in [5, 5.41) is -0.241. The fourth-order valence-corrected chi connectivity index (χ4v) is 5.04. The fraction of sp³-hybridized carbons (Fsp3) is 0.444. The number of nitrogens with zero attached hydrogens (tertiary/aromatic N) is 1. The van der Waals surface area contributed by atoms with E-state index < -0.39 is 26.6 Å². The molecule has 1 aromatic rings. The average molecular weight is 377 g/mol. The molecule has 21 heavy (non-hydrogen) atoms. The van der Waals surface area contributed by atoms with Crippen molar-refractivity contribution in [3.63, 3.8) is 0 Å². The first-order chi connectivity index (χ1) is 9.12. The van der Waals surface area contributed by atoms with Crippen LogP contribution in [0.1, 0.15) is 5.69 Å². The number of rotatable bonds is 4. The van der Waals surface area contributed by atoms with Crippen molar-refractivity contribution in [1.29, 1.82) is 0 Å². The van der Waals surface area contributed by atoms with Crippen molar-refractivity contribution in [2.45, 2.75) is 18.0 Å². The van der Waals surface area contributed by atoms with E-state index in [1.807, 2.05) is 0 Å². The van der Waals surface area contributed by atoms with E-state index in [0.717, 1.165) is 0 Å². The number of thiol groups is 1. The Labute approximate surface area is 132 Å². The highest BCUT2D eigenvalue weighted by molar-refractivity contribution is 7.80. The average Bonchev–Trinajstić information content (AvgIpc) is 2.69. The van der Waals surface area contributed by atoms with Gasteiger partial charge in [0, 0.05) is 11.8 Å². The third-order valence-electron chi connectivity index (χ3n) is 3.24. The van der Waals surface area contributed by atoms with Crippen LogP contribution >= 0.6 is 27.8 Å². The minimum atomic E-state index is -5.09. The molecule has 1 aromatic heterocycles. The van der Waals surface area contributed by atoms with Crippen LogP contribution in [0.25, 0.3) is 0 Å². The zero-order valence-corrected chi connectivity index (χ0v) is 14.1. The van der Waals surface area contributed by atoms with E-state index >= 15 is 0 Å². The van der Waals surface area contributed by atoms with E-state index in [2.05, 4.69) is 17.9 Å². The summed E-state index contributed by atoms with van der Waals surface area (Å²) in [6.45, 7) is 0.465. The minimum Gasteiger partial charge on any atom is -1.00 e. The van der Waals surface area contributed by atoms with Gasteiger partial charge in [-0.3, -0.25) is 9.13 Å². The highest BCUT2D eigenvalue weighted by Gasteiger charge is 2.65. The van der Waals surface area contributed by atoms with Gasteiger partial charge < -0.3 is 37.3 Å². The van der Waals surface area contributed by atoms with Gasteiger partial charge >= 0.3 is 15.2 Å². The van der Waals surface area contributed by atoms with Crippen molar-refractivity contribution in [3.05, 3.63) is 24.0 Å². The number of nitrogens with one attached hydrogen (secondary N) is 1. The Bertz CT molecular complexity index is 611. The maximum absolute atomic E-state index is 11.7. The minimum absolute atomic E-state index is 0. The number of halogens is 1. The summed E-state index contributed by atoms with van der Waals surface area (Å²) in [6, 6.07) is 3.15. The largest absolute Gasteiger partial charge is 1.00 e. The molecule has 1 aliphatic heterocycles. The van der Waals surface area contributed by atoms with E-state index in [0.29, 0.717) is 23.7 Å². The van der Waals surface area contributed by atoms with Crippen molar-refractivity contribution in [2.75, 3.05) is 11.1 Å². The van der Waals surface area contributed by atoms with Crippen LogP contribution in [0.2, 0.25) is 0 Å². The highest BCUT2D eigenvalue weighted by Crippen LogP contribution is 2.71. The van der Waals surface area contributed by atoms with Crippen molar-refractivity contribution >= 4 is 33.5 Å². The van der Waals surface area contributed by atoms with Gasteiger partial charge in [0.05, 0.1) is 6.42 Å². The van der Waals surface area contributed by atoms with E-state index in [1.165, 1.54) is 6.07 Å². The number of aromatic nitrogens is 1. The van der Waals surface area contributed by atoms with E-state index in [-0.39, 0.29) is 12.4 Å². The summed E-state index contributed by atoms with van der Waals surface area (Å²) in [5.41, 5.74) is 0.745. The molecule has 2 heterocycles. The molecule has 2 rings (SSSR count). The standard InChI is InChI=1S/C9H14N2O6P2S.ClH/c12-18(13,14)9(19(15,16)17)6-8-7(10-9)2-1-3-11(8)4-5-20;/h1-3,10H,4-6H2,(H4-,12,13,14,15,16,17,20);1H. The molecular weight excluding hydrogens is 362 g/mol. The maximum Gasteiger partial charge on any atom is 0.363 e. The Morgan fingerprint density at radius 3 is 2.33 bits per heavy atom. The molecule has 12 heteroatoms. The lowest BCUT2D eigenvalue weighted by Gasteiger charge is -2.30. The van der Waals surface area contributed by atoms with Crippen LogP contribution in [0, 0.1) is 0 Å². The molecule has 5 N–H and O–H groups in total. The molecular formula is C9H15ClN2O6P2S. The Morgan fingerprint density at radius 1 is 1.29 bits per heavy atom. The number of pyridine rings is 1. The summed E-state index contributed by atoms with van der Waals surface area (Å²) >= 11 is 4.08. The lowest BCUT2D eigenvalue weighted by atomic mass is 10.2. The van der Waals surface area contributed by atoms with Crippen LogP contribution in [-0.4, -0.2) is 30.3 Å². The molecule has 0 atom stereocenters. The smallest absolute Gasteiger partial charge is 0.363 e. The molecule has 120 valence electrons. The molecule has 0 bridgehead atoms. The molecule has 0 unspecified atom stereocenters. The number of aryl methyl sites for hydroxylation is 1. The predicted molar refractivity (Wildman–Crippen MR) is 74.6 cm³/mol. The molecule has 0 fully saturated rings. The second-order valence-electron chi connectivity index (χ2n) is 4.49. The van der Waals surface area contributed by atoms with Crippen molar-refractivity contribution in [2.24, 2.45) is 0 Å². The number of hydrogen-bond donors (Lipinski definition) is 6. The van der Waals surface area contributed by atoms with Crippen LogP contribution in [0.3, 0.4) is 0 Å². The lowest BCUT2D eigenvalue weighted by Crippen LogP contribution is -3.00. The zero-order valence-electron chi connectivity index (χ0n) is 10.6. The van der Waals surface area contributed by atoms with E-state index in [4.69, 9.17) is 0 Å². The molecule has 0 saturated carbocycles. The first-order valence-electron chi connectivity index (χ1n) is 5.64. The van der Waals surface area contributed by atoms with Crippen molar-refractivity contribution < 1.29 is 45.7 Å². The van der Waals surface area contributed by atoms with Crippen molar-refractivity contribution in [1.82, 2.24) is 0 Å². The molecule has 0 amide bonds. The molecule has 0 aromatic carbocycles. The first kappa shape index (κ1) is 18.9. The second kappa shape index (κ2) is 6.18. The highest BCUT2D eigenvalue weighted by atomic mass is 35.5. The zero-order chi connectivity index (χ0) is 15.2. The maximum atomic E-state index is 11.7. The predicted octanol–water partition coefficient (Wildman–Crippen LogP) is -3.11. The quantitative estimate of drug-likeness (QED) is 0.186. The van der Waals surface area contributed by atoms with Crippen molar-refractivity contribution in [3.8, 4) is 0 Å². The molecule has 0 aliphatic carbocycles. The Balaban J connectivity index is 0.00000220. The second-order valence-corrected chi connectivity index (χ2v) is 9.00. The number of anilines is 1. The van der Waals surface area contributed by atoms with Gasteiger partial charge in [0.15, 0.2) is 12.7 Å². The fourth-order valence-electron chi connectivity index (χ4n) is 2.23. The third-order valence-corrected chi connectivity index (χ3v) is 7.47. The van der Waals surface area contributed by atoms with Crippen LogP contribution in [0.4, 0.5) is 5.69 Å². The molecule has 0 spiro atoms. The molecule has 1 aliphatic rings. The van der Waals surface area contributed by atoms with Gasteiger partial charge in [-0.05, 0) is 6.07 Å². The third kappa shape index (κ3) is 3.16. The Kier molecular flexibility index (Phi) is 5.57. The summed E-state index contributed by atoms with van der Waals surface area (Å²) < 4.78 is 25.0. The molecule has 0 saturated heterocycles. The first-order valence-corrected chi connectivity index (χ1v) is 9.50. The summed E-state index contributed by atoms with van der Waals surface area (Å²) in [4.78, 5) is 37.7. The summed E-state index contributed by atoms with van der Waals surface area (Å²) in [6.07, 6.45) is 1.22. The molecule has 8 nitrogen and oxygen atoms in total. The summed E-state index contributed by atoms with van der Waals surface area (Å²) in [5.74, 6) is 0.486. The topological polar surface area (TPSA) is 131 Å². The van der Waals surface area contributed by atoms with Gasteiger partial charge in [0.1, 0.15) is 5.69 Å². The van der Waals surface area contributed by atoms with E-state index in [9.17, 15) is 28.7 Å². The lowest BCUT2D eigenvalue weighted by molar-refractivity contribution is -0.698. The summed E-state index contributed by atoms with van der Waals surface area (Å²) in [7, 11) is -10.2. The number of hydrogen-bond acceptors (Lipinski definition) is 4. The SMILES string of the molecule is O=P(O)(O)C1(P(=O)(O)O)Cc2c(ccc[n+]2CCS)N1.[Cl-]. The van der Waals surface area contributed by atoms with Gasteiger partial charge in [-0.25, -0.2) is 0 Å². The van der Waals surface area contributed by atoms with Gasteiger partial charge in [0.25, 0.3) is 5.02 Å². The normalized spacial score (nSPS) is 16.8. The van der Waals surface area contributed by atoms with Gasteiger partial charge in [-0.15, -0.1) is 0 Å². The van der Waals surface area contributed by atoms with Gasteiger partial charge in [-0.2, -0.15) is 17.2 Å². The van der Waals surface area contributed by atoms with Gasteiger partial charge in [0.2, 0.25) is 5.69 Å². The number of fused-ring (bicyclic) bond motifs is 1. The Morgan fingerprint density at radius 2 is 1.86 bits per heavy atom. The van der Waals surface area contributed by atoms with E-state index in [1.54, 1.807) is 16.8 Å².